The van der Waals surface area contributed by atoms with E-state index in [2.05, 4.69) is 13.5 Å². The molecule has 2 fully saturated rings. The zero-order chi connectivity index (χ0) is 14.7. The summed E-state index contributed by atoms with van der Waals surface area (Å²) in [5.41, 5.74) is 0. The number of carboxylic acid groups (broad SMARTS) is 1. The lowest BCUT2D eigenvalue weighted by Gasteiger charge is -2.39. The van der Waals surface area contributed by atoms with Crippen LogP contribution in [0.4, 0.5) is 4.79 Å². The number of carbonyl (C=O) groups excluding carboxylic acids is 1. The zero-order valence-corrected chi connectivity index (χ0v) is 12.1. The Morgan fingerprint density at radius 2 is 2.10 bits per heavy atom. The van der Waals surface area contributed by atoms with Crippen molar-refractivity contribution in [2.75, 3.05) is 13.1 Å². The molecule has 1 N–H and O–H groups in total. The predicted molar refractivity (Wildman–Crippen MR) is 76.5 cm³/mol. The van der Waals surface area contributed by atoms with Gasteiger partial charge in [0.25, 0.3) is 0 Å². The number of likely N-dealkylation sites (tertiary alicyclic amines) is 1. The first-order chi connectivity index (χ1) is 9.58. The molecule has 2 unspecified atom stereocenters. The first-order valence-corrected chi connectivity index (χ1v) is 7.49. The molecule has 2 aliphatic rings. The van der Waals surface area contributed by atoms with Gasteiger partial charge in [-0.1, -0.05) is 19.4 Å². The summed E-state index contributed by atoms with van der Waals surface area (Å²) in [6, 6.07) is -0.527. The Bertz CT molecular complexity index is 393. The van der Waals surface area contributed by atoms with Gasteiger partial charge >= 0.3 is 12.0 Å². The molecule has 1 saturated carbocycles. The Labute approximate surface area is 120 Å². The van der Waals surface area contributed by atoms with Crippen molar-refractivity contribution in [2.24, 2.45) is 5.92 Å². The Balaban J connectivity index is 2.09. The minimum Gasteiger partial charge on any atom is -0.480 e. The van der Waals surface area contributed by atoms with E-state index in [1.165, 1.54) is 0 Å². The molecule has 0 spiro atoms. The number of nitrogens with zero attached hydrogens (tertiary/aromatic N) is 2. The van der Waals surface area contributed by atoms with Crippen molar-refractivity contribution < 1.29 is 14.7 Å². The Morgan fingerprint density at radius 1 is 1.40 bits per heavy atom. The molecular formula is C15H24N2O3. The molecular weight excluding hydrogens is 256 g/mol. The van der Waals surface area contributed by atoms with Gasteiger partial charge in [-0.15, -0.1) is 6.58 Å². The molecule has 1 aliphatic carbocycles. The van der Waals surface area contributed by atoms with Gasteiger partial charge in [-0.2, -0.15) is 0 Å². The van der Waals surface area contributed by atoms with E-state index in [9.17, 15) is 14.7 Å². The molecule has 112 valence electrons. The fraction of sp³-hybridized carbons (Fsp3) is 0.733. The second-order valence-electron chi connectivity index (χ2n) is 5.80. The first kappa shape index (κ1) is 14.9. The minimum absolute atomic E-state index is 0.130. The quantitative estimate of drug-likeness (QED) is 0.786. The third-order valence-electron chi connectivity index (χ3n) is 4.38. The molecule has 0 aromatic carbocycles. The van der Waals surface area contributed by atoms with Crippen LogP contribution in [0.3, 0.4) is 0 Å². The number of carboxylic acids is 1. The van der Waals surface area contributed by atoms with E-state index in [-0.39, 0.29) is 12.1 Å². The first-order valence-electron chi connectivity index (χ1n) is 7.49. The smallest absolute Gasteiger partial charge is 0.326 e. The van der Waals surface area contributed by atoms with Crippen LogP contribution in [0.15, 0.2) is 12.7 Å². The maximum atomic E-state index is 12.6. The monoisotopic (exact) mass is 280 g/mol. The molecule has 20 heavy (non-hydrogen) atoms. The summed E-state index contributed by atoms with van der Waals surface area (Å²) in [7, 11) is 0. The number of aliphatic carboxylic acids is 1. The standard InChI is InChI=1S/C15H24N2O3/c1-3-8-16(12-5-6-12)15(20)17-9-7-11(4-2)10-13(17)14(18)19/h3,11-13H,1,4-10H2,2H3,(H,18,19). The molecule has 1 aliphatic heterocycles. The van der Waals surface area contributed by atoms with Crippen LogP contribution >= 0.6 is 0 Å². The van der Waals surface area contributed by atoms with Gasteiger partial charge in [-0.25, -0.2) is 9.59 Å². The minimum atomic E-state index is -0.883. The highest BCUT2D eigenvalue weighted by molar-refractivity contribution is 5.83. The van der Waals surface area contributed by atoms with Gasteiger partial charge in [0.05, 0.1) is 0 Å². The summed E-state index contributed by atoms with van der Waals surface area (Å²) in [5, 5.41) is 9.40. The third-order valence-corrected chi connectivity index (χ3v) is 4.38. The number of urea groups is 1. The highest BCUT2D eigenvalue weighted by atomic mass is 16.4. The van der Waals surface area contributed by atoms with Crippen LogP contribution in [-0.2, 0) is 4.79 Å². The van der Waals surface area contributed by atoms with E-state index in [1.807, 2.05) is 0 Å². The van der Waals surface area contributed by atoms with Crippen molar-refractivity contribution in [1.29, 1.82) is 0 Å². The van der Waals surface area contributed by atoms with Crippen LogP contribution in [0.25, 0.3) is 0 Å². The fourth-order valence-electron chi connectivity index (χ4n) is 2.95. The number of piperidine rings is 1. The summed E-state index contributed by atoms with van der Waals surface area (Å²) in [4.78, 5) is 27.4. The molecule has 0 radical (unpaired) electrons. The van der Waals surface area contributed by atoms with E-state index in [0.717, 1.165) is 25.7 Å². The van der Waals surface area contributed by atoms with E-state index in [1.54, 1.807) is 15.9 Å². The van der Waals surface area contributed by atoms with Crippen LogP contribution in [0, 0.1) is 5.92 Å². The SMILES string of the molecule is C=CCN(C(=O)N1CCC(CC)CC1C(=O)O)C1CC1. The van der Waals surface area contributed by atoms with Crippen LogP contribution in [0.2, 0.25) is 0 Å². The van der Waals surface area contributed by atoms with Crippen LogP contribution in [-0.4, -0.2) is 52.1 Å². The molecule has 2 atom stereocenters. The van der Waals surface area contributed by atoms with Crippen molar-refractivity contribution in [2.45, 2.75) is 51.1 Å². The molecule has 0 aromatic rings. The van der Waals surface area contributed by atoms with Gasteiger partial charge in [-0.05, 0) is 31.6 Å². The highest BCUT2D eigenvalue weighted by Crippen LogP contribution is 2.31. The van der Waals surface area contributed by atoms with E-state index < -0.39 is 12.0 Å². The van der Waals surface area contributed by atoms with Gasteiger partial charge in [0, 0.05) is 19.1 Å². The summed E-state index contributed by atoms with van der Waals surface area (Å²) in [5.74, 6) is -0.472. The lowest BCUT2D eigenvalue weighted by Crippen LogP contribution is -2.55. The van der Waals surface area contributed by atoms with E-state index in [0.29, 0.717) is 25.4 Å². The molecule has 5 heteroatoms. The van der Waals surface area contributed by atoms with Crippen LogP contribution < -0.4 is 0 Å². The van der Waals surface area contributed by atoms with Crippen molar-refractivity contribution in [3.63, 3.8) is 0 Å². The lowest BCUT2D eigenvalue weighted by molar-refractivity contribution is -0.144. The van der Waals surface area contributed by atoms with Crippen LogP contribution in [0.1, 0.15) is 39.0 Å². The van der Waals surface area contributed by atoms with Gasteiger partial charge in [0.1, 0.15) is 6.04 Å². The van der Waals surface area contributed by atoms with Crippen molar-refractivity contribution in [1.82, 2.24) is 9.80 Å². The number of carbonyl (C=O) groups is 2. The second-order valence-corrected chi connectivity index (χ2v) is 5.80. The van der Waals surface area contributed by atoms with Gasteiger partial charge in [0.15, 0.2) is 0 Å². The normalized spacial score (nSPS) is 26.1. The zero-order valence-electron chi connectivity index (χ0n) is 12.1. The molecule has 0 aromatic heterocycles. The van der Waals surface area contributed by atoms with E-state index in [4.69, 9.17) is 0 Å². The maximum absolute atomic E-state index is 12.6. The number of rotatable bonds is 5. The topological polar surface area (TPSA) is 60.9 Å². The Morgan fingerprint density at radius 3 is 2.60 bits per heavy atom. The Hall–Kier alpha value is -1.52. The van der Waals surface area contributed by atoms with Crippen molar-refractivity contribution in [3.05, 3.63) is 12.7 Å². The molecule has 5 nitrogen and oxygen atoms in total. The largest absolute Gasteiger partial charge is 0.480 e. The molecule has 2 rings (SSSR count). The summed E-state index contributed by atoms with van der Waals surface area (Å²) >= 11 is 0. The predicted octanol–water partition coefficient (Wildman–Crippen LogP) is 2.33. The fourth-order valence-corrected chi connectivity index (χ4v) is 2.95. The van der Waals surface area contributed by atoms with Gasteiger partial charge in [-0.3, -0.25) is 0 Å². The van der Waals surface area contributed by atoms with Crippen molar-refractivity contribution in [3.8, 4) is 0 Å². The second kappa shape index (κ2) is 6.29. The number of hydrogen-bond donors (Lipinski definition) is 1. The van der Waals surface area contributed by atoms with Crippen molar-refractivity contribution >= 4 is 12.0 Å². The number of hydrogen-bond acceptors (Lipinski definition) is 2. The highest BCUT2D eigenvalue weighted by Gasteiger charge is 2.40. The lowest BCUT2D eigenvalue weighted by atomic mass is 9.89. The molecule has 2 amide bonds. The summed E-state index contributed by atoms with van der Waals surface area (Å²) in [6.07, 6.45) is 6.20. The third kappa shape index (κ3) is 3.14. The summed E-state index contributed by atoms with van der Waals surface area (Å²) in [6.45, 7) is 6.82. The molecule has 1 heterocycles. The molecule has 1 saturated heterocycles. The average molecular weight is 280 g/mol. The Kier molecular flexibility index (Phi) is 4.68. The molecule has 0 bridgehead atoms. The summed E-state index contributed by atoms with van der Waals surface area (Å²) < 4.78 is 0. The van der Waals surface area contributed by atoms with Gasteiger partial charge < -0.3 is 14.9 Å². The van der Waals surface area contributed by atoms with Crippen LogP contribution in [0.5, 0.6) is 0 Å². The van der Waals surface area contributed by atoms with E-state index >= 15 is 0 Å². The maximum Gasteiger partial charge on any atom is 0.326 e. The number of amides is 2. The van der Waals surface area contributed by atoms with Gasteiger partial charge in [0.2, 0.25) is 0 Å². The average Bonchev–Trinajstić information content (AvgIpc) is 3.27.